The van der Waals surface area contributed by atoms with Gasteiger partial charge in [0.1, 0.15) is 11.8 Å². The summed E-state index contributed by atoms with van der Waals surface area (Å²) in [6, 6.07) is 12.9. The Labute approximate surface area is 226 Å². The minimum Gasteiger partial charge on any atom is -0.496 e. The number of thioether (sulfide) groups is 1. The van der Waals surface area contributed by atoms with Gasteiger partial charge in [0.15, 0.2) is 4.80 Å². The van der Waals surface area contributed by atoms with Crippen LogP contribution >= 0.6 is 39.0 Å². The van der Waals surface area contributed by atoms with Crippen molar-refractivity contribution < 1.29 is 14.3 Å². The number of methoxy groups -OCH3 is 1. The highest BCUT2D eigenvalue weighted by Gasteiger charge is 2.36. The first-order chi connectivity index (χ1) is 17.4. The molecule has 2 aromatic carbocycles. The van der Waals surface area contributed by atoms with Gasteiger partial charge in [-0.3, -0.25) is 9.36 Å². The van der Waals surface area contributed by atoms with E-state index in [-0.39, 0.29) is 12.2 Å². The highest BCUT2D eigenvalue weighted by molar-refractivity contribution is 9.10. The van der Waals surface area contributed by atoms with E-state index in [0.717, 1.165) is 21.4 Å². The summed E-state index contributed by atoms with van der Waals surface area (Å²) in [5, 5.41) is 0. The second-order valence-corrected chi connectivity index (χ2v) is 10.9. The number of nitrogens with zero attached hydrogens (tertiary/aromatic N) is 2. The van der Waals surface area contributed by atoms with Crippen LogP contribution in [0, 0.1) is 0 Å². The molecule has 4 rings (SSSR count). The van der Waals surface area contributed by atoms with Crippen LogP contribution in [0.4, 0.5) is 0 Å². The van der Waals surface area contributed by atoms with Crippen LogP contribution in [-0.2, 0) is 9.53 Å². The molecule has 0 amide bonds. The molecule has 2 heterocycles. The third kappa shape index (κ3) is 5.23. The number of halogens is 1. The first kappa shape index (κ1) is 26.4. The average Bonchev–Trinajstić information content (AvgIpc) is 3.18. The molecular weight excluding hydrogens is 560 g/mol. The van der Waals surface area contributed by atoms with E-state index in [2.05, 4.69) is 15.9 Å². The zero-order valence-corrected chi connectivity index (χ0v) is 23.8. The first-order valence-corrected chi connectivity index (χ1v) is 14.4. The molecule has 188 valence electrons. The van der Waals surface area contributed by atoms with Gasteiger partial charge in [-0.2, -0.15) is 0 Å². The van der Waals surface area contributed by atoms with Crippen molar-refractivity contribution in [3.05, 3.63) is 89.0 Å². The molecule has 0 fully saturated rings. The quantitative estimate of drug-likeness (QED) is 0.272. The van der Waals surface area contributed by atoms with Crippen molar-refractivity contribution in [1.82, 2.24) is 4.57 Å². The molecule has 3 aromatic rings. The number of ether oxygens (including phenoxy) is 2. The summed E-state index contributed by atoms with van der Waals surface area (Å²) in [4.78, 5) is 33.7. The molecule has 1 aromatic heterocycles. The Morgan fingerprint density at radius 1 is 1.22 bits per heavy atom. The Morgan fingerprint density at radius 3 is 2.61 bits per heavy atom. The SMILES string of the molecule is CCCC1=C(C(=O)OCC)[C@@H](c2cc(Br)ccc2OC)n2c(s/c(=C/c3ccc(SC)cc3)c2=O)=N1. The largest absolute Gasteiger partial charge is 0.496 e. The lowest BCUT2D eigenvalue weighted by molar-refractivity contribution is -0.139. The number of carbonyl (C=O) groups excluding carboxylic acids is 1. The van der Waals surface area contributed by atoms with E-state index in [1.165, 1.54) is 11.3 Å². The molecule has 0 saturated carbocycles. The van der Waals surface area contributed by atoms with Crippen LogP contribution in [0.15, 0.2) is 72.9 Å². The molecule has 1 atom stereocenters. The van der Waals surface area contributed by atoms with Gasteiger partial charge in [0, 0.05) is 14.9 Å². The summed E-state index contributed by atoms with van der Waals surface area (Å²) in [5.74, 6) is 0.101. The fourth-order valence-electron chi connectivity index (χ4n) is 4.19. The monoisotopic (exact) mass is 586 g/mol. The number of rotatable bonds is 8. The van der Waals surface area contributed by atoms with Gasteiger partial charge in [-0.25, -0.2) is 9.79 Å². The van der Waals surface area contributed by atoms with Gasteiger partial charge in [0.05, 0.1) is 29.5 Å². The molecule has 0 bridgehead atoms. The van der Waals surface area contributed by atoms with Gasteiger partial charge in [0.25, 0.3) is 5.56 Å². The van der Waals surface area contributed by atoms with Crippen LogP contribution in [0.2, 0.25) is 0 Å². The van der Waals surface area contributed by atoms with Crippen LogP contribution in [0.5, 0.6) is 5.75 Å². The Bertz CT molecular complexity index is 1490. The number of allylic oxidation sites excluding steroid dienone is 1. The number of thiazole rings is 1. The minimum atomic E-state index is -0.727. The number of hydrogen-bond acceptors (Lipinski definition) is 7. The highest BCUT2D eigenvalue weighted by atomic mass is 79.9. The maximum atomic E-state index is 13.9. The molecule has 0 N–H and O–H groups in total. The van der Waals surface area contributed by atoms with Crippen LogP contribution in [-0.4, -0.2) is 30.5 Å². The molecule has 1 aliphatic heterocycles. The van der Waals surface area contributed by atoms with Crippen LogP contribution < -0.4 is 19.6 Å². The Balaban J connectivity index is 2.02. The molecular formula is C27H27BrN2O4S2. The first-order valence-electron chi connectivity index (χ1n) is 11.6. The lowest BCUT2D eigenvalue weighted by atomic mass is 9.93. The fourth-order valence-corrected chi connectivity index (χ4v) is 5.99. The predicted octanol–water partition coefficient (Wildman–Crippen LogP) is 5.07. The highest BCUT2D eigenvalue weighted by Crippen LogP contribution is 2.38. The van der Waals surface area contributed by atoms with Crippen LogP contribution in [0.25, 0.3) is 6.08 Å². The van der Waals surface area contributed by atoms with E-state index in [1.54, 1.807) is 30.4 Å². The Kier molecular flexibility index (Phi) is 8.54. The van der Waals surface area contributed by atoms with Gasteiger partial charge in [-0.1, -0.05) is 52.7 Å². The van der Waals surface area contributed by atoms with Crippen molar-refractivity contribution >= 4 is 51.1 Å². The molecule has 0 spiro atoms. The zero-order valence-electron chi connectivity index (χ0n) is 20.5. The Hall–Kier alpha value is -2.62. The number of carbonyl (C=O) groups is 1. The van der Waals surface area contributed by atoms with E-state index >= 15 is 0 Å². The summed E-state index contributed by atoms with van der Waals surface area (Å²) in [6.45, 7) is 4.03. The van der Waals surface area contributed by atoms with Crippen molar-refractivity contribution in [1.29, 1.82) is 0 Å². The van der Waals surface area contributed by atoms with Crippen molar-refractivity contribution in [2.75, 3.05) is 20.0 Å². The van der Waals surface area contributed by atoms with Crippen molar-refractivity contribution in [2.24, 2.45) is 4.99 Å². The molecule has 9 heteroatoms. The normalized spacial score (nSPS) is 15.5. The molecule has 6 nitrogen and oxygen atoms in total. The number of benzene rings is 2. The number of hydrogen-bond donors (Lipinski definition) is 0. The number of fused-ring (bicyclic) bond motifs is 1. The number of esters is 1. The molecule has 0 aliphatic carbocycles. The summed E-state index contributed by atoms with van der Waals surface area (Å²) >= 11 is 6.53. The third-order valence-electron chi connectivity index (χ3n) is 5.79. The smallest absolute Gasteiger partial charge is 0.338 e. The van der Waals surface area contributed by atoms with Gasteiger partial charge >= 0.3 is 5.97 Å². The summed E-state index contributed by atoms with van der Waals surface area (Å²) in [6.07, 6.45) is 5.28. The van der Waals surface area contributed by atoms with Crippen molar-refractivity contribution in [3.8, 4) is 5.75 Å². The number of aromatic nitrogens is 1. The summed E-state index contributed by atoms with van der Waals surface area (Å²) < 4.78 is 14.1. The molecule has 0 radical (unpaired) electrons. The van der Waals surface area contributed by atoms with Crippen molar-refractivity contribution in [2.45, 2.75) is 37.6 Å². The van der Waals surface area contributed by atoms with Crippen molar-refractivity contribution in [3.63, 3.8) is 0 Å². The topological polar surface area (TPSA) is 69.9 Å². The summed E-state index contributed by atoms with van der Waals surface area (Å²) in [7, 11) is 1.58. The van der Waals surface area contributed by atoms with E-state index in [9.17, 15) is 9.59 Å². The van der Waals surface area contributed by atoms with Crippen LogP contribution in [0.3, 0.4) is 0 Å². The van der Waals surface area contributed by atoms with Gasteiger partial charge in [0.2, 0.25) is 0 Å². The maximum absolute atomic E-state index is 13.9. The second kappa shape index (κ2) is 11.6. The van der Waals surface area contributed by atoms with E-state index < -0.39 is 12.0 Å². The van der Waals surface area contributed by atoms with Gasteiger partial charge in [-0.05, 0) is 61.6 Å². The second-order valence-electron chi connectivity index (χ2n) is 8.07. The lowest BCUT2D eigenvalue weighted by Gasteiger charge is -2.27. The van der Waals surface area contributed by atoms with E-state index in [0.29, 0.717) is 38.3 Å². The van der Waals surface area contributed by atoms with Crippen LogP contribution in [0.1, 0.15) is 43.9 Å². The molecule has 0 saturated heterocycles. The predicted molar refractivity (Wildman–Crippen MR) is 149 cm³/mol. The molecule has 36 heavy (non-hydrogen) atoms. The summed E-state index contributed by atoms with van der Waals surface area (Å²) in [5.41, 5.74) is 2.42. The van der Waals surface area contributed by atoms with E-state index in [1.807, 2.05) is 61.7 Å². The lowest BCUT2D eigenvalue weighted by Crippen LogP contribution is -2.40. The molecule has 1 aliphatic rings. The third-order valence-corrected chi connectivity index (χ3v) is 8.01. The fraction of sp³-hybridized carbons (Fsp3) is 0.296. The standard InChI is InChI=1S/C27H27BrN2O4S2/c1-5-7-20-23(26(32)34-6-2)24(19-15-17(28)10-13-21(19)33-3)30-25(31)22(36-27(30)29-20)14-16-8-11-18(35-4)12-9-16/h8-15,24H,5-7H2,1-4H3/b22-14+/t24-/m1/s1. The zero-order chi connectivity index (χ0) is 25.8. The molecule has 0 unspecified atom stereocenters. The van der Waals surface area contributed by atoms with Gasteiger partial charge < -0.3 is 9.47 Å². The Morgan fingerprint density at radius 2 is 1.97 bits per heavy atom. The van der Waals surface area contributed by atoms with Gasteiger partial charge in [-0.15, -0.1) is 11.8 Å². The minimum absolute atomic E-state index is 0.211. The maximum Gasteiger partial charge on any atom is 0.338 e. The van der Waals surface area contributed by atoms with E-state index in [4.69, 9.17) is 14.5 Å². The average molecular weight is 588 g/mol.